The predicted molar refractivity (Wildman–Crippen MR) is 87.0 cm³/mol. The number of carbonyl (C=O) groups is 1. The lowest BCUT2D eigenvalue weighted by atomic mass is 10.0. The molecule has 1 aromatic carbocycles. The Morgan fingerprint density at radius 1 is 1.45 bits per heavy atom. The maximum Gasteiger partial charge on any atom is 0.235 e. The minimum atomic E-state index is -0.648. The molecule has 7 heteroatoms. The lowest BCUT2D eigenvalue weighted by Gasteiger charge is -2.16. The van der Waals surface area contributed by atoms with Crippen molar-refractivity contribution in [3.05, 3.63) is 26.6 Å². The Morgan fingerprint density at radius 3 is 2.45 bits per heavy atom. The summed E-state index contributed by atoms with van der Waals surface area (Å²) < 4.78 is 1.54. The molecule has 0 aliphatic rings. The van der Waals surface area contributed by atoms with Crippen LogP contribution in [-0.4, -0.2) is 17.0 Å². The van der Waals surface area contributed by atoms with Crippen LogP contribution in [0, 0.1) is 12.8 Å². The highest BCUT2D eigenvalue weighted by molar-refractivity contribution is 9.11. The lowest BCUT2D eigenvalue weighted by molar-refractivity contribution is -0.118. The van der Waals surface area contributed by atoms with Crippen molar-refractivity contribution in [1.29, 1.82) is 0 Å². The van der Waals surface area contributed by atoms with Crippen LogP contribution in [0.1, 0.15) is 25.3 Å². The fraction of sp³-hybridized carbons (Fsp3) is 0.385. The third-order valence-electron chi connectivity index (χ3n) is 2.80. The first-order valence-electron chi connectivity index (χ1n) is 6.14. The smallest absolute Gasteiger partial charge is 0.235 e. The second kappa shape index (κ2) is 7.64. The van der Waals surface area contributed by atoms with E-state index in [1.807, 2.05) is 26.0 Å². The van der Waals surface area contributed by atoms with Gasteiger partial charge in [0.15, 0.2) is 5.84 Å². The number of hydrogen-bond acceptors (Lipinski definition) is 3. The van der Waals surface area contributed by atoms with Crippen molar-refractivity contribution >= 4 is 49.3 Å². The molecular formula is C13H17Br2N3O2. The zero-order valence-electron chi connectivity index (χ0n) is 11.3. The van der Waals surface area contributed by atoms with Crippen LogP contribution in [0.2, 0.25) is 0 Å². The molecule has 0 saturated carbocycles. The number of nitrogens with zero attached hydrogens (tertiary/aromatic N) is 1. The molecule has 0 saturated heterocycles. The van der Waals surface area contributed by atoms with E-state index in [1.165, 1.54) is 0 Å². The van der Waals surface area contributed by atoms with Crippen molar-refractivity contribution in [2.24, 2.45) is 16.8 Å². The summed E-state index contributed by atoms with van der Waals surface area (Å²) in [7, 11) is 0. The predicted octanol–water partition coefficient (Wildman–Crippen LogP) is 3.62. The molecule has 20 heavy (non-hydrogen) atoms. The fourth-order valence-corrected chi connectivity index (χ4v) is 3.41. The Labute approximate surface area is 134 Å². The number of carbonyl (C=O) groups excluding carboxylic acids is 1. The molecule has 1 atom stereocenters. The van der Waals surface area contributed by atoms with Crippen LogP contribution in [-0.2, 0) is 4.79 Å². The number of aryl methyl sites for hydroxylation is 1. The van der Waals surface area contributed by atoms with Gasteiger partial charge in [-0.3, -0.25) is 4.79 Å². The molecule has 1 unspecified atom stereocenters. The van der Waals surface area contributed by atoms with Crippen LogP contribution in [0.5, 0.6) is 0 Å². The third kappa shape index (κ3) is 4.21. The van der Waals surface area contributed by atoms with E-state index in [0.717, 1.165) is 20.9 Å². The Bertz CT molecular complexity index is 509. The van der Waals surface area contributed by atoms with Gasteiger partial charge in [0.25, 0.3) is 0 Å². The number of hydrogen-bond donors (Lipinski definition) is 3. The maximum absolute atomic E-state index is 12.3. The van der Waals surface area contributed by atoms with Gasteiger partial charge in [0.1, 0.15) is 0 Å². The summed E-state index contributed by atoms with van der Waals surface area (Å²) in [6.45, 7) is 3.89. The lowest BCUT2D eigenvalue weighted by Crippen LogP contribution is -2.34. The molecule has 0 bridgehead atoms. The van der Waals surface area contributed by atoms with Crippen LogP contribution in [0.15, 0.2) is 26.2 Å². The van der Waals surface area contributed by atoms with Gasteiger partial charge in [-0.15, -0.1) is 0 Å². The Hall–Kier alpha value is -1.08. The second-order valence-electron chi connectivity index (χ2n) is 4.46. The average Bonchev–Trinajstić information content (AvgIpc) is 2.39. The standard InChI is InChI=1S/C13H17Br2N3O2/c1-3-4-8(12(16)18-20)13(19)17-11-9(14)5-7(2)6-10(11)15/h5-6,8,20H,3-4H2,1-2H3,(H2,16,18)(H,17,19). The molecule has 0 spiro atoms. The van der Waals surface area contributed by atoms with E-state index < -0.39 is 5.92 Å². The van der Waals surface area contributed by atoms with Gasteiger partial charge in [-0.05, 0) is 62.9 Å². The molecule has 1 aromatic rings. The number of anilines is 1. The average molecular weight is 407 g/mol. The van der Waals surface area contributed by atoms with E-state index in [0.29, 0.717) is 12.1 Å². The molecule has 1 rings (SSSR count). The first-order chi connectivity index (χ1) is 9.40. The van der Waals surface area contributed by atoms with E-state index in [4.69, 9.17) is 10.9 Å². The normalized spacial score (nSPS) is 13.1. The molecule has 5 nitrogen and oxygen atoms in total. The highest BCUT2D eigenvalue weighted by Gasteiger charge is 2.23. The number of amides is 1. The summed E-state index contributed by atoms with van der Waals surface area (Å²) in [6, 6.07) is 3.80. The molecule has 0 heterocycles. The number of benzene rings is 1. The molecule has 1 amide bonds. The van der Waals surface area contributed by atoms with Crippen LogP contribution in [0.3, 0.4) is 0 Å². The number of amidine groups is 1. The molecule has 0 radical (unpaired) electrons. The zero-order chi connectivity index (χ0) is 15.3. The number of oxime groups is 1. The Morgan fingerprint density at radius 2 is 2.00 bits per heavy atom. The molecule has 4 N–H and O–H groups in total. The number of nitrogens with two attached hydrogens (primary N) is 1. The molecule has 110 valence electrons. The Kier molecular flexibility index (Phi) is 6.48. The second-order valence-corrected chi connectivity index (χ2v) is 6.17. The van der Waals surface area contributed by atoms with E-state index in [9.17, 15) is 4.79 Å². The van der Waals surface area contributed by atoms with Gasteiger partial charge in [-0.25, -0.2) is 0 Å². The SMILES string of the molecule is CCCC(C(=O)Nc1c(Br)cc(C)cc1Br)C(N)=NO. The molecule has 0 aromatic heterocycles. The highest BCUT2D eigenvalue weighted by atomic mass is 79.9. The summed E-state index contributed by atoms with van der Waals surface area (Å²) in [5.41, 5.74) is 7.26. The molecule has 0 aliphatic carbocycles. The minimum absolute atomic E-state index is 0.0799. The van der Waals surface area contributed by atoms with Crippen molar-refractivity contribution in [2.75, 3.05) is 5.32 Å². The van der Waals surface area contributed by atoms with Crippen molar-refractivity contribution in [1.82, 2.24) is 0 Å². The van der Waals surface area contributed by atoms with Crippen molar-refractivity contribution in [3.63, 3.8) is 0 Å². The Balaban J connectivity index is 3.00. The van der Waals surface area contributed by atoms with Crippen molar-refractivity contribution < 1.29 is 10.0 Å². The van der Waals surface area contributed by atoms with Crippen molar-refractivity contribution in [2.45, 2.75) is 26.7 Å². The molecular weight excluding hydrogens is 390 g/mol. The minimum Gasteiger partial charge on any atom is -0.409 e. The van der Waals surface area contributed by atoms with Crippen LogP contribution in [0.25, 0.3) is 0 Å². The maximum atomic E-state index is 12.3. The number of halogens is 2. The van der Waals surface area contributed by atoms with Gasteiger partial charge in [0.05, 0.1) is 11.6 Å². The third-order valence-corrected chi connectivity index (χ3v) is 4.05. The van der Waals surface area contributed by atoms with E-state index in [-0.39, 0.29) is 11.7 Å². The summed E-state index contributed by atoms with van der Waals surface area (Å²) in [4.78, 5) is 12.3. The van der Waals surface area contributed by atoms with Gasteiger partial charge in [0, 0.05) is 8.95 Å². The number of nitrogens with one attached hydrogen (secondary N) is 1. The highest BCUT2D eigenvalue weighted by Crippen LogP contribution is 2.32. The quantitative estimate of drug-likeness (QED) is 0.302. The summed E-state index contributed by atoms with van der Waals surface area (Å²) in [6.07, 6.45) is 1.27. The topological polar surface area (TPSA) is 87.7 Å². The van der Waals surface area contributed by atoms with Gasteiger partial charge in [0.2, 0.25) is 5.91 Å². The van der Waals surface area contributed by atoms with E-state index in [2.05, 4.69) is 42.3 Å². The fourth-order valence-electron chi connectivity index (χ4n) is 1.80. The largest absolute Gasteiger partial charge is 0.409 e. The summed E-state index contributed by atoms with van der Waals surface area (Å²) in [5, 5.41) is 14.5. The monoisotopic (exact) mass is 405 g/mol. The van der Waals surface area contributed by atoms with Crippen LogP contribution < -0.4 is 11.1 Å². The first kappa shape index (κ1) is 17.0. The zero-order valence-corrected chi connectivity index (χ0v) is 14.5. The van der Waals surface area contributed by atoms with E-state index in [1.54, 1.807) is 0 Å². The van der Waals surface area contributed by atoms with Crippen LogP contribution in [0.4, 0.5) is 5.69 Å². The first-order valence-corrected chi connectivity index (χ1v) is 7.73. The summed E-state index contributed by atoms with van der Waals surface area (Å²) >= 11 is 6.83. The van der Waals surface area contributed by atoms with Crippen LogP contribution >= 0.6 is 31.9 Å². The van der Waals surface area contributed by atoms with Gasteiger partial charge < -0.3 is 16.3 Å². The van der Waals surface area contributed by atoms with Gasteiger partial charge in [-0.1, -0.05) is 18.5 Å². The van der Waals surface area contributed by atoms with E-state index >= 15 is 0 Å². The van der Waals surface area contributed by atoms with Crippen molar-refractivity contribution in [3.8, 4) is 0 Å². The van der Waals surface area contributed by atoms with Gasteiger partial charge in [-0.2, -0.15) is 0 Å². The molecule has 0 aliphatic heterocycles. The number of rotatable bonds is 5. The molecule has 0 fully saturated rings. The summed E-state index contributed by atoms with van der Waals surface area (Å²) in [5.74, 6) is -1.03. The van der Waals surface area contributed by atoms with Gasteiger partial charge >= 0.3 is 0 Å².